The molecular formula is C10H15N3O. The second-order valence-electron chi connectivity index (χ2n) is 4.53. The molecule has 1 aromatic heterocycles. The number of hydrogen-bond donors (Lipinski definition) is 1. The van der Waals surface area contributed by atoms with E-state index in [9.17, 15) is 0 Å². The van der Waals surface area contributed by atoms with Crippen LogP contribution in [0.5, 0.6) is 0 Å². The molecule has 2 N–H and O–H groups in total. The highest BCUT2D eigenvalue weighted by atomic mass is 16.5. The summed E-state index contributed by atoms with van der Waals surface area (Å²) in [6.07, 6.45) is 5.38. The van der Waals surface area contributed by atoms with E-state index in [-0.39, 0.29) is 0 Å². The van der Waals surface area contributed by atoms with E-state index in [2.05, 4.69) is 10.1 Å². The molecule has 4 nitrogen and oxygen atoms in total. The Labute approximate surface area is 82.9 Å². The lowest BCUT2D eigenvalue weighted by molar-refractivity contribution is 0.352. The van der Waals surface area contributed by atoms with Gasteiger partial charge in [0.05, 0.1) is 6.54 Å². The van der Waals surface area contributed by atoms with Crippen LogP contribution in [0, 0.1) is 11.8 Å². The Hall–Kier alpha value is -0.900. The van der Waals surface area contributed by atoms with Gasteiger partial charge in [-0.3, -0.25) is 0 Å². The van der Waals surface area contributed by atoms with Gasteiger partial charge in [0.1, 0.15) is 0 Å². The van der Waals surface area contributed by atoms with Crippen LogP contribution in [0.2, 0.25) is 0 Å². The molecular weight excluding hydrogens is 178 g/mol. The average molecular weight is 193 g/mol. The highest BCUT2D eigenvalue weighted by Crippen LogP contribution is 2.52. The van der Waals surface area contributed by atoms with Gasteiger partial charge in [-0.25, -0.2) is 0 Å². The van der Waals surface area contributed by atoms with E-state index in [1.165, 1.54) is 25.7 Å². The first-order chi connectivity index (χ1) is 6.86. The highest BCUT2D eigenvalue weighted by Gasteiger charge is 2.42. The third-order valence-electron chi connectivity index (χ3n) is 3.73. The fourth-order valence-electron chi connectivity index (χ4n) is 3.06. The largest absolute Gasteiger partial charge is 0.338 e. The van der Waals surface area contributed by atoms with Gasteiger partial charge in [0.2, 0.25) is 5.89 Å². The molecule has 3 atom stereocenters. The summed E-state index contributed by atoms with van der Waals surface area (Å²) in [5.41, 5.74) is 5.44. The molecule has 0 amide bonds. The Bertz CT molecular complexity index is 336. The number of rotatable bonds is 2. The monoisotopic (exact) mass is 193 g/mol. The van der Waals surface area contributed by atoms with Gasteiger partial charge in [-0.05, 0) is 31.1 Å². The molecule has 2 aliphatic rings. The van der Waals surface area contributed by atoms with Crippen molar-refractivity contribution in [1.82, 2.24) is 10.1 Å². The van der Waals surface area contributed by atoms with Crippen molar-refractivity contribution in [2.24, 2.45) is 17.6 Å². The summed E-state index contributed by atoms with van der Waals surface area (Å²) in [5, 5.41) is 4.02. The normalized spacial score (nSPS) is 35.4. The van der Waals surface area contributed by atoms with Crippen molar-refractivity contribution in [2.45, 2.75) is 38.1 Å². The van der Waals surface area contributed by atoms with Crippen molar-refractivity contribution in [3.8, 4) is 0 Å². The van der Waals surface area contributed by atoms with E-state index in [0.29, 0.717) is 18.4 Å². The molecule has 2 fully saturated rings. The summed E-state index contributed by atoms with van der Waals surface area (Å²) in [6, 6.07) is 0. The van der Waals surface area contributed by atoms with E-state index in [0.717, 1.165) is 17.7 Å². The summed E-state index contributed by atoms with van der Waals surface area (Å²) >= 11 is 0. The number of hydrogen-bond acceptors (Lipinski definition) is 4. The second-order valence-corrected chi connectivity index (χ2v) is 4.53. The minimum Gasteiger partial charge on any atom is -0.338 e. The molecule has 2 aliphatic carbocycles. The zero-order valence-electron chi connectivity index (χ0n) is 8.15. The van der Waals surface area contributed by atoms with Gasteiger partial charge in [0.15, 0.2) is 5.82 Å². The summed E-state index contributed by atoms with van der Waals surface area (Å²) in [6.45, 7) is 0.355. The molecule has 3 rings (SSSR count). The number of nitrogens with two attached hydrogens (primary N) is 1. The van der Waals surface area contributed by atoms with E-state index in [1.54, 1.807) is 0 Å². The molecule has 3 unspecified atom stereocenters. The smallest absolute Gasteiger partial charge is 0.240 e. The zero-order chi connectivity index (χ0) is 9.54. The lowest BCUT2D eigenvalue weighted by Crippen LogP contribution is -2.10. The summed E-state index contributed by atoms with van der Waals surface area (Å²) in [7, 11) is 0. The fourth-order valence-corrected chi connectivity index (χ4v) is 3.06. The van der Waals surface area contributed by atoms with Crippen LogP contribution in [0.1, 0.15) is 43.3 Å². The molecule has 1 heterocycles. The first kappa shape index (κ1) is 8.41. The van der Waals surface area contributed by atoms with E-state index in [1.807, 2.05) is 0 Å². The third-order valence-corrected chi connectivity index (χ3v) is 3.73. The Morgan fingerprint density at radius 2 is 2.29 bits per heavy atom. The minimum absolute atomic E-state index is 0.355. The molecule has 14 heavy (non-hydrogen) atoms. The SMILES string of the molecule is NCc1nc(C2CC3CCC2C3)no1. The molecule has 0 radical (unpaired) electrons. The van der Waals surface area contributed by atoms with Gasteiger partial charge in [-0.2, -0.15) is 4.98 Å². The molecule has 0 spiro atoms. The maximum atomic E-state index is 5.44. The quantitative estimate of drug-likeness (QED) is 0.771. The molecule has 2 saturated carbocycles. The highest BCUT2D eigenvalue weighted by molar-refractivity contribution is 5.06. The van der Waals surface area contributed by atoms with Crippen LogP contribution >= 0.6 is 0 Å². The Morgan fingerprint density at radius 1 is 1.36 bits per heavy atom. The summed E-state index contributed by atoms with van der Waals surface area (Å²) in [5.74, 6) is 3.76. The number of nitrogens with zero attached hydrogens (tertiary/aromatic N) is 2. The van der Waals surface area contributed by atoms with Crippen molar-refractivity contribution >= 4 is 0 Å². The van der Waals surface area contributed by atoms with Crippen LogP contribution in [0.4, 0.5) is 0 Å². The minimum atomic E-state index is 0.355. The Balaban J connectivity index is 1.82. The van der Waals surface area contributed by atoms with E-state index < -0.39 is 0 Å². The number of fused-ring (bicyclic) bond motifs is 2. The van der Waals surface area contributed by atoms with Crippen LogP contribution in [-0.2, 0) is 6.54 Å². The third kappa shape index (κ3) is 1.17. The summed E-state index contributed by atoms with van der Waals surface area (Å²) in [4.78, 5) is 4.33. The molecule has 1 aromatic rings. The number of aromatic nitrogens is 2. The summed E-state index contributed by atoms with van der Waals surface area (Å²) < 4.78 is 5.05. The maximum absolute atomic E-state index is 5.44. The predicted molar refractivity (Wildman–Crippen MR) is 50.4 cm³/mol. The predicted octanol–water partition coefficient (Wildman–Crippen LogP) is 1.43. The molecule has 0 saturated heterocycles. The molecule has 4 heteroatoms. The van der Waals surface area contributed by atoms with Crippen LogP contribution in [0.25, 0.3) is 0 Å². The van der Waals surface area contributed by atoms with Crippen molar-refractivity contribution in [1.29, 1.82) is 0 Å². The van der Waals surface area contributed by atoms with Gasteiger partial charge in [-0.1, -0.05) is 11.6 Å². The molecule has 2 bridgehead atoms. The standard InChI is InChI=1S/C10H15N3O/c11-5-9-12-10(13-14-9)8-4-6-1-2-7(8)3-6/h6-8H,1-5,11H2. The second kappa shape index (κ2) is 3.05. The van der Waals surface area contributed by atoms with Crippen molar-refractivity contribution < 1.29 is 4.52 Å². The van der Waals surface area contributed by atoms with Crippen molar-refractivity contribution in [3.63, 3.8) is 0 Å². The first-order valence-electron chi connectivity index (χ1n) is 5.39. The topological polar surface area (TPSA) is 64.9 Å². The molecule has 76 valence electrons. The van der Waals surface area contributed by atoms with E-state index in [4.69, 9.17) is 10.3 Å². The van der Waals surface area contributed by atoms with Crippen molar-refractivity contribution in [2.75, 3.05) is 0 Å². The Kier molecular flexibility index (Phi) is 1.83. The zero-order valence-corrected chi connectivity index (χ0v) is 8.15. The molecule has 0 aromatic carbocycles. The van der Waals surface area contributed by atoms with Crippen LogP contribution < -0.4 is 5.73 Å². The lowest BCUT2D eigenvalue weighted by atomic mass is 9.88. The Morgan fingerprint density at radius 3 is 2.86 bits per heavy atom. The van der Waals surface area contributed by atoms with Gasteiger partial charge in [-0.15, -0.1) is 0 Å². The maximum Gasteiger partial charge on any atom is 0.240 e. The van der Waals surface area contributed by atoms with E-state index >= 15 is 0 Å². The van der Waals surface area contributed by atoms with Gasteiger partial charge >= 0.3 is 0 Å². The van der Waals surface area contributed by atoms with Gasteiger partial charge < -0.3 is 10.3 Å². The average Bonchev–Trinajstić information content (AvgIpc) is 2.93. The fraction of sp³-hybridized carbons (Fsp3) is 0.800. The van der Waals surface area contributed by atoms with Crippen molar-refractivity contribution in [3.05, 3.63) is 11.7 Å². The van der Waals surface area contributed by atoms with Gasteiger partial charge in [0.25, 0.3) is 0 Å². The molecule has 0 aliphatic heterocycles. The van der Waals surface area contributed by atoms with Crippen LogP contribution in [0.3, 0.4) is 0 Å². The van der Waals surface area contributed by atoms with Crippen LogP contribution in [-0.4, -0.2) is 10.1 Å². The van der Waals surface area contributed by atoms with Crippen LogP contribution in [0.15, 0.2) is 4.52 Å². The first-order valence-corrected chi connectivity index (χ1v) is 5.39. The lowest BCUT2D eigenvalue weighted by Gasteiger charge is -2.17. The van der Waals surface area contributed by atoms with Gasteiger partial charge in [0, 0.05) is 5.92 Å².